The molecule has 1 aromatic carbocycles. The molecule has 1 aliphatic rings. The largest absolute Gasteiger partial charge is 0.356 e. The lowest BCUT2D eigenvalue weighted by Crippen LogP contribution is -2.40. The molecular weight excluding hydrogens is 442 g/mol. The van der Waals surface area contributed by atoms with Crippen molar-refractivity contribution in [3.8, 4) is 0 Å². The van der Waals surface area contributed by atoms with Gasteiger partial charge in [-0.3, -0.25) is 4.99 Å². The van der Waals surface area contributed by atoms with E-state index in [9.17, 15) is 4.39 Å². The minimum absolute atomic E-state index is 0. The van der Waals surface area contributed by atoms with Gasteiger partial charge >= 0.3 is 0 Å². The van der Waals surface area contributed by atoms with E-state index < -0.39 is 0 Å². The molecule has 148 valence electrons. The Bertz CT molecular complexity index is 538. The van der Waals surface area contributed by atoms with Crippen molar-refractivity contribution < 1.29 is 4.39 Å². The Kier molecular flexibility index (Phi) is 11.8. The zero-order chi connectivity index (χ0) is 17.9. The highest BCUT2D eigenvalue weighted by molar-refractivity contribution is 14.0. The van der Waals surface area contributed by atoms with Crippen LogP contribution in [0.4, 0.5) is 4.39 Å². The lowest BCUT2D eigenvalue weighted by molar-refractivity contribution is 0.158. The van der Waals surface area contributed by atoms with Gasteiger partial charge in [-0.1, -0.05) is 18.6 Å². The van der Waals surface area contributed by atoms with Crippen molar-refractivity contribution in [1.29, 1.82) is 0 Å². The first kappa shape index (κ1) is 23.1. The average molecular weight is 476 g/mol. The number of hydrogen-bond donors (Lipinski definition) is 2. The van der Waals surface area contributed by atoms with Gasteiger partial charge in [-0.25, -0.2) is 4.39 Å². The summed E-state index contributed by atoms with van der Waals surface area (Å²) in [6, 6.07) is 7.50. The summed E-state index contributed by atoms with van der Waals surface area (Å²) in [6.07, 6.45) is 7.23. The first-order valence-electron chi connectivity index (χ1n) is 9.62. The lowest BCUT2D eigenvalue weighted by atomic mass is 10.0. The number of guanidine groups is 1. The summed E-state index contributed by atoms with van der Waals surface area (Å²) in [7, 11) is 1.78. The molecule has 0 aliphatic carbocycles. The highest BCUT2D eigenvalue weighted by Gasteiger charge is 2.16. The number of halogens is 2. The van der Waals surface area contributed by atoms with Crippen LogP contribution in [0.3, 0.4) is 0 Å². The van der Waals surface area contributed by atoms with Gasteiger partial charge in [0.2, 0.25) is 0 Å². The molecule has 1 atom stereocenters. The second-order valence-corrected chi connectivity index (χ2v) is 6.89. The summed E-state index contributed by atoms with van der Waals surface area (Å²) in [4.78, 5) is 6.87. The van der Waals surface area contributed by atoms with Crippen LogP contribution in [0.25, 0.3) is 0 Å². The van der Waals surface area contributed by atoms with Crippen LogP contribution in [-0.2, 0) is 6.42 Å². The molecule has 0 amide bonds. The second kappa shape index (κ2) is 13.3. The standard InChI is InChI=1S/C20H33FN4.HI/c1-17-8-3-5-14-25(17)15-6-4-12-23-20(22-2)24-13-11-18-9-7-10-19(21)16-18;/h7,9-10,16-17H,3-6,8,11-15H2,1-2H3,(H2,22,23,24);1H. The van der Waals surface area contributed by atoms with Gasteiger partial charge in [0.15, 0.2) is 5.96 Å². The van der Waals surface area contributed by atoms with Crippen LogP contribution >= 0.6 is 24.0 Å². The number of benzene rings is 1. The van der Waals surface area contributed by atoms with E-state index in [0.29, 0.717) is 0 Å². The van der Waals surface area contributed by atoms with Crippen molar-refractivity contribution in [2.75, 3.05) is 33.2 Å². The molecule has 1 aliphatic heterocycles. The maximum atomic E-state index is 13.2. The molecule has 0 bridgehead atoms. The quantitative estimate of drug-likeness (QED) is 0.260. The van der Waals surface area contributed by atoms with Crippen LogP contribution in [0, 0.1) is 5.82 Å². The first-order chi connectivity index (χ1) is 12.2. The summed E-state index contributed by atoms with van der Waals surface area (Å²) in [5.74, 6) is 0.644. The van der Waals surface area contributed by atoms with E-state index in [1.165, 1.54) is 44.8 Å². The van der Waals surface area contributed by atoms with Gasteiger partial charge in [-0.15, -0.1) is 24.0 Å². The van der Waals surface area contributed by atoms with Crippen LogP contribution in [0.2, 0.25) is 0 Å². The predicted molar refractivity (Wildman–Crippen MR) is 119 cm³/mol. The average Bonchev–Trinajstić information content (AvgIpc) is 2.61. The predicted octanol–water partition coefficient (Wildman–Crippen LogP) is 3.81. The van der Waals surface area contributed by atoms with Crippen molar-refractivity contribution in [3.63, 3.8) is 0 Å². The molecule has 0 spiro atoms. The normalized spacial score (nSPS) is 18.3. The topological polar surface area (TPSA) is 39.7 Å². The molecule has 1 fully saturated rings. The molecule has 0 aromatic heterocycles. The highest BCUT2D eigenvalue weighted by Crippen LogP contribution is 2.16. The van der Waals surface area contributed by atoms with E-state index in [2.05, 4.69) is 27.4 Å². The molecule has 2 N–H and O–H groups in total. The molecule has 2 rings (SSSR count). The van der Waals surface area contributed by atoms with Crippen molar-refractivity contribution in [2.24, 2.45) is 4.99 Å². The molecule has 1 aromatic rings. The van der Waals surface area contributed by atoms with Crippen LogP contribution in [0.5, 0.6) is 0 Å². The fourth-order valence-electron chi connectivity index (χ4n) is 3.37. The van der Waals surface area contributed by atoms with Gasteiger partial charge in [-0.2, -0.15) is 0 Å². The van der Waals surface area contributed by atoms with Crippen molar-refractivity contribution in [1.82, 2.24) is 15.5 Å². The fourth-order valence-corrected chi connectivity index (χ4v) is 3.37. The van der Waals surface area contributed by atoms with Crippen LogP contribution in [0.15, 0.2) is 29.3 Å². The Hall–Kier alpha value is -0.890. The number of likely N-dealkylation sites (tertiary alicyclic amines) is 1. The Balaban J connectivity index is 0.00000338. The van der Waals surface area contributed by atoms with E-state index in [4.69, 9.17) is 0 Å². The van der Waals surface area contributed by atoms with Gasteiger partial charge < -0.3 is 15.5 Å². The summed E-state index contributed by atoms with van der Waals surface area (Å²) in [5.41, 5.74) is 0.999. The monoisotopic (exact) mass is 476 g/mol. The summed E-state index contributed by atoms with van der Waals surface area (Å²) < 4.78 is 13.2. The van der Waals surface area contributed by atoms with Gasteiger partial charge in [-0.05, 0) is 69.8 Å². The van der Waals surface area contributed by atoms with Gasteiger partial charge in [0, 0.05) is 26.2 Å². The highest BCUT2D eigenvalue weighted by atomic mass is 127. The molecule has 4 nitrogen and oxygen atoms in total. The fraction of sp³-hybridized carbons (Fsp3) is 0.650. The Morgan fingerprint density at radius 1 is 1.23 bits per heavy atom. The van der Waals surface area contributed by atoms with Crippen LogP contribution in [0.1, 0.15) is 44.6 Å². The minimum Gasteiger partial charge on any atom is -0.356 e. The zero-order valence-electron chi connectivity index (χ0n) is 16.1. The van der Waals surface area contributed by atoms with E-state index >= 15 is 0 Å². The molecule has 6 heteroatoms. The van der Waals surface area contributed by atoms with Crippen molar-refractivity contribution >= 4 is 29.9 Å². The maximum Gasteiger partial charge on any atom is 0.190 e. The second-order valence-electron chi connectivity index (χ2n) is 6.89. The Morgan fingerprint density at radius 2 is 2.04 bits per heavy atom. The van der Waals surface area contributed by atoms with Gasteiger partial charge in [0.25, 0.3) is 0 Å². The number of hydrogen-bond acceptors (Lipinski definition) is 2. The molecular formula is C20H34FIN4. The van der Waals surface area contributed by atoms with Gasteiger partial charge in [0.05, 0.1) is 0 Å². The van der Waals surface area contributed by atoms with Crippen molar-refractivity contribution in [3.05, 3.63) is 35.6 Å². The first-order valence-corrected chi connectivity index (χ1v) is 9.62. The molecule has 26 heavy (non-hydrogen) atoms. The third kappa shape index (κ3) is 8.66. The lowest BCUT2D eigenvalue weighted by Gasteiger charge is -2.33. The van der Waals surface area contributed by atoms with E-state index in [1.807, 2.05) is 6.07 Å². The SMILES string of the molecule is CN=C(NCCCCN1CCCCC1C)NCCc1cccc(F)c1.I. The maximum absolute atomic E-state index is 13.2. The molecule has 1 unspecified atom stereocenters. The Morgan fingerprint density at radius 3 is 2.77 bits per heavy atom. The molecule has 1 saturated heterocycles. The number of aliphatic imine (C=N–C) groups is 1. The summed E-state index contributed by atoms with van der Waals surface area (Å²) in [5, 5.41) is 6.65. The number of unbranched alkanes of at least 4 members (excludes halogenated alkanes) is 1. The van der Waals surface area contributed by atoms with E-state index in [0.717, 1.165) is 43.5 Å². The molecule has 0 radical (unpaired) electrons. The zero-order valence-corrected chi connectivity index (χ0v) is 18.5. The number of rotatable bonds is 8. The smallest absolute Gasteiger partial charge is 0.190 e. The van der Waals surface area contributed by atoms with Gasteiger partial charge in [0.1, 0.15) is 5.82 Å². The third-order valence-electron chi connectivity index (χ3n) is 4.92. The minimum atomic E-state index is -0.178. The van der Waals surface area contributed by atoms with Crippen molar-refractivity contribution in [2.45, 2.75) is 51.5 Å². The van der Waals surface area contributed by atoms with Crippen LogP contribution < -0.4 is 10.6 Å². The summed E-state index contributed by atoms with van der Waals surface area (Å²) in [6.45, 7) is 6.49. The Labute approximate surface area is 175 Å². The summed E-state index contributed by atoms with van der Waals surface area (Å²) >= 11 is 0. The number of piperidine rings is 1. The number of nitrogens with zero attached hydrogens (tertiary/aromatic N) is 2. The van der Waals surface area contributed by atoms with E-state index in [-0.39, 0.29) is 29.8 Å². The van der Waals surface area contributed by atoms with Crippen LogP contribution in [-0.4, -0.2) is 50.1 Å². The third-order valence-corrected chi connectivity index (χ3v) is 4.92. The molecule has 1 heterocycles. The van der Waals surface area contributed by atoms with E-state index in [1.54, 1.807) is 19.2 Å². The number of nitrogens with one attached hydrogen (secondary N) is 2. The molecule has 0 saturated carbocycles.